The van der Waals surface area contributed by atoms with E-state index in [1.807, 2.05) is 6.07 Å². The van der Waals surface area contributed by atoms with Crippen LogP contribution in [0.1, 0.15) is 33.2 Å². The average molecular weight is 472 g/mol. The van der Waals surface area contributed by atoms with Crippen molar-refractivity contribution in [2.75, 3.05) is 18.1 Å². The molecule has 1 amide bonds. The summed E-state index contributed by atoms with van der Waals surface area (Å²) in [5.41, 5.74) is 7.21. The number of ether oxygens (including phenoxy) is 2. The molecule has 3 aromatic rings. The van der Waals surface area contributed by atoms with Gasteiger partial charge >= 0.3 is 11.9 Å². The summed E-state index contributed by atoms with van der Waals surface area (Å²) in [5.74, 6) is -1.22. The number of carbonyl (C=O) groups excluding carboxylic acids is 3. The minimum absolute atomic E-state index is 0.0600. The zero-order valence-corrected chi connectivity index (χ0v) is 19.1. The highest BCUT2D eigenvalue weighted by Gasteiger charge is 2.22. The normalized spacial score (nSPS) is 10.5. The third kappa shape index (κ3) is 7.13. The number of amides is 1. The molecule has 35 heavy (non-hydrogen) atoms. The number of nitrogens with zero attached hydrogens (tertiary/aromatic N) is 1. The number of benzene rings is 3. The first-order chi connectivity index (χ1) is 16.9. The molecule has 0 atom stereocenters. The summed E-state index contributed by atoms with van der Waals surface area (Å²) in [6, 6.07) is 21.5. The van der Waals surface area contributed by atoms with Crippen LogP contribution in [0.3, 0.4) is 0 Å². The first-order valence-corrected chi connectivity index (χ1v) is 10.8. The maximum absolute atomic E-state index is 13.2. The molecule has 0 heterocycles. The van der Waals surface area contributed by atoms with Crippen LogP contribution in [-0.4, -0.2) is 36.8 Å². The molecular weight excluding hydrogens is 446 g/mol. The van der Waals surface area contributed by atoms with Crippen molar-refractivity contribution in [1.29, 1.82) is 5.41 Å². The van der Waals surface area contributed by atoms with E-state index in [0.717, 1.165) is 5.56 Å². The van der Waals surface area contributed by atoms with Gasteiger partial charge in [0.2, 0.25) is 0 Å². The van der Waals surface area contributed by atoms with Gasteiger partial charge in [-0.1, -0.05) is 36.4 Å². The Morgan fingerprint density at radius 1 is 0.914 bits per heavy atom. The van der Waals surface area contributed by atoms with E-state index < -0.39 is 17.8 Å². The second-order valence-electron chi connectivity index (χ2n) is 7.36. The molecule has 0 saturated carbocycles. The third-order valence-electron chi connectivity index (χ3n) is 4.82. The van der Waals surface area contributed by atoms with Crippen molar-refractivity contribution in [3.05, 3.63) is 102 Å². The van der Waals surface area contributed by atoms with Gasteiger partial charge in [0.1, 0.15) is 18.1 Å². The maximum Gasteiger partial charge on any atom is 0.343 e. The van der Waals surface area contributed by atoms with E-state index in [1.165, 1.54) is 35.2 Å². The zero-order valence-electron chi connectivity index (χ0n) is 19.1. The Hall–Kier alpha value is -4.72. The molecule has 3 rings (SSSR count). The Morgan fingerprint density at radius 3 is 2.14 bits per heavy atom. The molecular formula is C27H25N3O5. The van der Waals surface area contributed by atoms with Crippen molar-refractivity contribution in [2.24, 2.45) is 5.73 Å². The average Bonchev–Trinajstić information content (AvgIpc) is 2.87. The van der Waals surface area contributed by atoms with Crippen molar-refractivity contribution in [3.8, 4) is 5.75 Å². The molecule has 0 aliphatic heterocycles. The van der Waals surface area contributed by atoms with Gasteiger partial charge < -0.3 is 15.2 Å². The summed E-state index contributed by atoms with van der Waals surface area (Å²) in [5, 5.41) is 7.21. The van der Waals surface area contributed by atoms with Crippen molar-refractivity contribution in [2.45, 2.75) is 6.92 Å². The molecule has 0 fully saturated rings. The van der Waals surface area contributed by atoms with E-state index in [0.29, 0.717) is 17.0 Å². The lowest BCUT2D eigenvalue weighted by atomic mass is 10.1. The number of anilines is 1. The lowest BCUT2D eigenvalue weighted by Gasteiger charge is -2.22. The number of rotatable bonds is 9. The maximum atomic E-state index is 13.2. The van der Waals surface area contributed by atoms with Crippen LogP contribution >= 0.6 is 0 Å². The number of amidine groups is 1. The monoisotopic (exact) mass is 471 g/mol. The molecule has 8 heteroatoms. The number of hydrogen-bond donors (Lipinski definition) is 2. The van der Waals surface area contributed by atoms with Crippen LogP contribution in [0.15, 0.2) is 84.9 Å². The highest BCUT2D eigenvalue weighted by Crippen LogP contribution is 2.19. The van der Waals surface area contributed by atoms with Crippen LogP contribution in [0.5, 0.6) is 5.75 Å². The van der Waals surface area contributed by atoms with Crippen LogP contribution in [0, 0.1) is 5.41 Å². The van der Waals surface area contributed by atoms with Gasteiger partial charge in [0.15, 0.2) is 0 Å². The number of esters is 2. The molecule has 3 aromatic carbocycles. The molecule has 0 saturated heterocycles. The van der Waals surface area contributed by atoms with E-state index in [1.54, 1.807) is 61.5 Å². The Morgan fingerprint density at radius 2 is 1.54 bits per heavy atom. The predicted octanol–water partition coefficient (Wildman–Crippen LogP) is 4.06. The molecule has 3 N–H and O–H groups in total. The van der Waals surface area contributed by atoms with E-state index in [9.17, 15) is 14.4 Å². The SMILES string of the molecule is CCOC(=O)CN(C(=O)c1ccc(C(=O)Oc2ccc(C=CC(=N)N)cc2)cc1)c1ccccc1. The first-order valence-electron chi connectivity index (χ1n) is 10.8. The molecule has 0 aromatic heterocycles. The van der Waals surface area contributed by atoms with Crippen LogP contribution in [0.2, 0.25) is 0 Å². The fourth-order valence-electron chi connectivity index (χ4n) is 3.13. The van der Waals surface area contributed by atoms with Crippen molar-refractivity contribution in [1.82, 2.24) is 0 Å². The molecule has 0 spiro atoms. The lowest BCUT2D eigenvalue weighted by molar-refractivity contribution is -0.141. The Kier molecular flexibility index (Phi) is 8.50. The highest BCUT2D eigenvalue weighted by atomic mass is 16.5. The van der Waals surface area contributed by atoms with E-state index in [-0.39, 0.29) is 24.6 Å². The second-order valence-corrected chi connectivity index (χ2v) is 7.36. The second kappa shape index (κ2) is 11.9. The van der Waals surface area contributed by atoms with Crippen molar-refractivity contribution < 1.29 is 23.9 Å². The molecule has 0 aliphatic carbocycles. The Labute approximate surface area is 203 Å². The standard InChI is InChI=1S/C27H25N3O5/c1-2-34-25(31)18-30(22-6-4-3-5-7-22)26(32)20-11-13-21(14-12-20)27(33)35-23-15-8-19(9-16-23)10-17-24(28)29/h3-17H,2,18H2,1H3,(H3,28,29). The van der Waals surface area contributed by atoms with Gasteiger partial charge in [-0.25, -0.2) is 4.79 Å². The summed E-state index contributed by atoms with van der Waals surface area (Å²) in [4.78, 5) is 39.1. The molecule has 0 unspecified atom stereocenters. The van der Waals surface area contributed by atoms with Crippen molar-refractivity contribution >= 4 is 35.4 Å². The number of hydrogen-bond acceptors (Lipinski definition) is 6. The molecule has 0 aliphatic rings. The lowest BCUT2D eigenvalue weighted by Crippen LogP contribution is -2.36. The number of carbonyl (C=O) groups is 3. The van der Waals surface area contributed by atoms with Gasteiger partial charge in [-0.05, 0) is 67.1 Å². The Bertz CT molecular complexity index is 1220. The summed E-state index contributed by atoms with van der Waals surface area (Å²) in [6.45, 7) is 1.67. The minimum Gasteiger partial charge on any atom is -0.465 e. The van der Waals surface area contributed by atoms with Crippen LogP contribution in [-0.2, 0) is 9.53 Å². The zero-order chi connectivity index (χ0) is 25.2. The summed E-state index contributed by atoms with van der Waals surface area (Å²) in [7, 11) is 0. The van der Waals surface area contributed by atoms with Gasteiger partial charge in [0.25, 0.3) is 5.91 Å². The number of para-hydroxylation sites is 1. The van der Waals surface area contributed by atoms with Crippen LogP contribution in [0.4, 0.5) is 5.69 Å². The van der Waals surface area contributed by atoms with Crippen molar-refractivity contribution in [3.63, 3.8) is 0 Å². The quantitative estimate of drug-likeness (QED) is 0.210. The smallest absolute Gasteiger partial charge is 0.343 e. The first kappa shape index (κ1) is 24.9. The van der Waals surface area contributed by atoms with Gasteiger partial charge in [0, 0.05) is 11.3 Å². The predicted molar refractivity (Wildman–Crippen MR) is 134 cm³/mol. The topological polar surface area (TPSA) is 123 Å². The van der Waals surface area contributed by atoms with Crippen LogP contribution < -0.4 is 15.4 Å². The summed E-state index contributed by atoms with van der Waals surface area (Å²) in [6.07, 6.45) is 3.12. The van der Waals surface area contributed by atoms with E-state index in [4.69, 9.17) is 20.6 Å². The summed E-state index contributed by atoms with van der Waals surface area (Å²) < 4.78 is 10.4. The number of nitrogens with one attached hydrogen (secondary N) is 1. The minimum atomic E-state index is -0.581. The molecule has 8 nitrogen and oxygen atoms in total. The van der Waals surface area contributed by atoms with E-state index >= 15 is 0 Å². The van der Waals surface area contributed by atoms with Gasteiger partial charge in [-0.15, -0.1) is 0 Å². The van der Waals surface area contributed by atoms with Gasteiger partial charge in [0.05, 0.1) is 12.2 Å². The summed E-state index contributed by atoms with van der Waals surface area (Å²) >= 11 is 0. The molecule has 0 radical (unpaired) electrons. The number of nitrogens with two attached hydrogens (primary N) is 1. The molecule has 0 bridgehead atoms. The third-order valence-corrected chi connectivity index (χ3v) is 4.82. The van der Waals surface area contributed by atoms with Gasteiger partial charge in [-0.3, -0.25) is 19.9 Å². The fraction of sp³-hybridized carbons (Fsp3) is 0.111. The molecule has 178 valence electrons. The fourth-order valence-corrected chi connectivity index (χ4v) is 3.13. The van der Waals surface area contributed by atoms with Crippen LogP contribution in [0.25, 0.3) is 6.08 Å². The highest BCUT2D eigenvalue weighted by molar-refractivity contribution is 6.08. The Balaban J connectivity index is 1.71. The van der Waals surface area contributed by atoms with E-state index in [2.05, 4.69) is 0 Å². The van der Waals surface area contributed by atoms with Gasteiger partial charge in [-0.2, -0.15) is 0 Å². The largest absolute Gasteiger partial charge is 0.465 e.